The van der Waals surface area contributed by atoms with Gasteiger partial charge in [-0.05, 0) is 48.7 Å². The van der Waals surface area contributed by atoms with Crippen molar-refractivity contribution in [2.24, 2.45) is 5.92 Å². The highest BCUT2D eigenvalue weighted by molar-refractivity contribution is 5.94. The van der Waals surface area contributed by atoms with Gasteiger partial charge in [-0.3, -0.25) is 9.59 Å². The molecule has 0 spiro atoms. The quantitative estimate of drug-likeness (QED) is 0.786. The number of anilines is 1. The van der Waals surface area contributed by atoms with Crippen molar-refractivity contribution in [3.8, 4) is 11.5 Å². The minimum Gasteiger partial charge on any atom is -0.490 e. The summed E-state index contributed by atoms with van der Waals surface area (Å²) in [7, 11) is 0. The number of carbonyl (C=O) groups is 2. The minimum atomic E-state index is -0.0695. The zero-order valence-corrected chi connectivity index (χ0v) is 16.9. The van der Waals surface area contributed by atoms with Gasteiger partial charge in [0.1, 0.15) is 0 Å². The van der Waals surface area contributed by atoms with Crippen LogP contribution in [0.5, 0.6) is 11.5 Å². The largest absolute Gasteiger partial charge is 0.490 e. The summed E-state index contributed by atoms with van der Waals surface area (Å²) < 4.78 is 11.3. The van der Waals surface area contributed by atoms with Crippen LogP contribution in [0.4, 0.5) is 5.69 Å². The van der Waals surface area contributed by atoms with E-state index in [1.54, 1.807) is 17.1 Å². The van der Waals surface area contributed by atoms with Crippen molar-refractivity contribution in [2.45, 2.75) is 19.3 Å². The van der Waals surface area contributed by atoms with Crippen molar-refractivity contribution in [2.75, 3.05) is 31.6 Å². The van der Waals surface area contributed by atoms with Gasteiger partial charge in [0, 0.05) is 37.2 Å². The van der Waals surface area contributed by atoms with Gasteiger partial charge in [0.15, 0.2) is 11.5 Å². The van der Waals surface area contributed by atoms with Gasteiger partial charge in [0.2, 0.25) is 11.8 Å². The van der Waals surface area contributed by atoms with Crippen molar-refractivity contribution in [1.82, 2.24) is 4.90 Å². The molecule has 6 nitrogen and oxygen atoms in total. The first-order valence-electron chi connectivity index (χ1n) is 10.4. The van der Waals surface area contributed by atoms with Gasteiger partial charge in [0.25, 0.3) is 0 Å². The number of carbonyl (C=O) groups excluding carboxylic acids is 2. The molecule has 1 fully saturated rings. The Morgan fingerprint density at radius 3 is 2.47 bits per heavy atom. The van der Waals surface area contributed by atoms with Gasteiger partial charge >= 0.3 is 0 Å². The first-order chi connectivity index (χ1) is 14.7. The number of nitrogens with zero attached hydrogens (tertiary/aromatic N) is 1. The first-order valence-corrected chi connectivity index (χ1v) is 10.4. The van der Waals surface area contributed by atoms with Gasteiger partial charge in [-0.2, -0.15) is 0 Å². The molecule has 1 N–H and O–H groups in total. The molecule has 0 atom stereocenters. The van der Waals surface area contributed by atoms with Crippen LogP contribution < -0.4 is 14.8 Å². The Balaban J connectivity index is 1.29. The topological polar surface area (TPSA) is 67.9 Å². The van der Waals surface area contributed by atoms with Crippen LogP contribution in [-0.2, 0) is 9.59 Å². The number of amides is 2. The summed E-state index contributed by atoms with van der Waals surface area (Å²) >= 11 is 0. The third-order valence-electron chi connectivity index (χ3n) is 5.41. The zero-order valence-electron chi connectivity index (χ0n) is 16.9. The molecule has 2 aliphatic heterocycles. The molecule has 30 heavy (non-hydrogen) atoms. The van der Waals surface area contributed by atoms with E-state index >= 15 is 0 Å². The zero-order chi connectivity index (χ0) is 20.8. The standard InChI is InChI=1S/C24H26N2O4/c27-23(10-8-18-7-9-21-22(17-18)30-16-4-15-29-21)26-13-11-19(12-14-26)24(28)25-20-5-2-1-3-6-20/h1-3,5-10,17,19H,4,11-16H2,(H,25,28). The third-order valence-corrected chi connectivity index (χ3v) is 5.41. The average Bonchev–Trinajstić information content (AvgIpc) is 3.03. The number of rotatable bonds is 4. The predicted molar refractivity (Wildman–Crippen MR) is 115 cm³/mol. The van der Waals surface area contributed by atoms with E-state index in [0.29, 0.717) is 44.9 Å². The third kappa shape index (κ3) is 5.00. The Morgan fingerprint density at radius 2 is 1.70 bits per heavy atom. The van der Waals surface area contributed by atoms with E-state index in [9.17, 15) is 9.59 Å². The Kier molecular flexibility index (Phi) is 6.32. The van der Waals surface area contributed by atoms with Gasteiger partial charge < -0.3 is 19.7 Å². The molecule has 0 aliphatic carbocycles. The second-order valence-corrected chi connectivity index (χ2v) is 7.54. The van der Waals surface area contributed by atoms with Crippen LogP contribution in [0.25, 0.3) is 6.08 Å². The fourth-order valence-electron chi connectivity index (χ4n) is 3.68. The molecule has 2 aromatic carbocycles. The maximum atomic E-state index is 12.6. The number of ether oxygens (including phenoxy) is 2. The minimum absolute atomic E-state index is 0.0241. The number of benzene rings is 2. The predicted octanol–water partition coefficient (Wildman–Crippen LogP) is 3.74. The lowest BCUT2D eigenvalue weighted by molar-refractivity contribution is -0.130. The number of fused-ring (bicyclic) bond motifs is 1. The van der Waals surface area contributed by atoms with Gasteiger partial charge in [-0.1, -0.05) is 24.3 Å². The van der Waals surface area contributed by atoms with Crippen molar-refractivity contribution < 1.29 is 19.1 Å². The van der Waals surface area contributed by atoms with E-state index < -0.39 is 0 Å². The molecule has 4 rings (SSSR count). The van der Waals surface area contributed by atoms with E-state index in [-0.39, 0.29) is 17.7 Å². The molecule has 0 bridgehead atoms. The number of hydrogen-bond acceptors (Lipinski definition) is 4. The highest BCUT2D eigenvalue weighted by atomic mass is 16.5. The van der Waals surface area contributed by atoms with E-state index in [1.807, 2.05) is 48.5 Å². The van der Waals surface area contributed by atoms with Crippen LogP contribution in [0.1, 0.15) is 24.8 Å². The van der Waals surface area contributed by atoms with Gasteiger partial charge in [-0.15, -0.1) is 0 Å². The molecule has 2 aromatic rings. The molecular weight excluding hydrogens is 380 g/mol. The Bertz CT molecular complexity index is 918. The van der Waals surface area contributed by atoms with E-state index in [4.69, 9.17) is 9.47 Å². The molecular formula is C24H26N2O4. The summed E-state index contributed by atoms with van der Waals surface area (Å²) in [6, 6.07) is 15.1. The second kappa shape index (κ2) is 9.48. The summed E-state index contributed by atoms with van der Waals surface area (Å²) in [6.45, 7) is 2.44. The maximum Gasteiger partial charge on any atom is 0.246 e. The first kappa shape index (κ1) is 20.0. The SMILES string of the molecule is O=C(Nc1ccccc1)C1CCN(C(=O)C=Cc2ccc3c(c2)OCCCO3)CC1. The maximum absolute atomic E-state index is 12.6. The monoisotopic (exact) mass is 406 g/mol. The van der Waals surface area contributed by atoms with E-state index in [1.165, 1.54) is 0 Å². The average molecular weight is 406 g/mol. The molecule has 0 aromatic heterocycles. The molecule has 2 aliphatic rings. The molecule has 2 heterocycles. The summed E-state index contributed by atoms with van der Waals surface area (Å²) in [5.74, 6) is 1.37. The summed E-state index contributed by atoms with van der Waals surface area (Å²) in [5, 5.41) is 2.95. The lowest BCUT2D eigenvalue weighted by Crippen LogP contribution is -2.40. The highest BCUT2D eigenvalue weighted by Gasteiger charge is 2.26. The van der Waals surface area contributed by atoms with Crippen LogP contribution in [0.3, 0.4) is 0 Å². The molecule has 0 saturated carbocycles. The van der Waals surface area contributed by atoms with Crippen molar-refractivity contribution in [3.05, 3.63) is 60.2 Å². The number of piperidine rings is 1. The Hall–Kier alpha value is -3.28. The fraction of sp³-hybridized carbons (Fsp3) is 0.333. The Labute approximate surface area is 176 Å². The van der Waals surface area contributed by atoms with Crippen molar-refractivity contribution >= 4 is 23.6 Å². The van der Waals surface area contributed by atoms with Crippen molar-refractivity contribution in [3.63, 3.8) is 0 Å². The van der Waals surface area contributed by atoms with E-state index in [0.717, 1.165) is 23.4 Å². The Morgan fingerprint density at radius 1 is 0.967 bits per heavy atom. The van der Waals surface area contributed by atoms with Gasteiger partial charge in [0.05, 0.1) is 13.2 Å². The van der Waals surface area contributed by atoms with Crippen LogP contribution in [0.15, 0.2) is 54.6 Å². The lowest BCUT2D eigenvalue weighted by atomic mass is 9.95. The molecule has 0 unspecified atom stereocenters. The normalized spacial score (nSPS) is 16.9. The highest BCUT2D eigenvalue weighted by Crippen LogP contribution is 2.30. The summed E-state index contributed by atoms with van der Waals surface area (Å²) in [4.78, 5) is 26.8. The lowest BCUT2D eigenvalue weighted by Gasteiger charge is -2.30. The molecule has 2 amide bonds. The van der Waals surface area contributed by atoms with Crippen LogP contribution in [0, 0.1) is 5.92 Å². The van der Waals surface area contributed by atoms with Crippen molar-refractivity contribution in [1.29, 1.82) is 0 Å². The molecule has 1 saturated heterocycles. The smallest absolute Gasteiger partial charge is 0.246 e. The van der Waals surface area contributed by atoms with E-state index in [2.05, 4.69) is 5.32 Å². The summed E-state index contributed by atoms with van der Waals surface area (Å²) in [6.07, 6.45) is 5.58. The van der Waals surface area contributed by atoms with Crippen LogP contribution >= 0.6 is 0 Å². The number of hydrogen-bond donors (Lipinski definition) is 1. The van der Waals surface area contributed by atoms with Crippen LogP contribution in [-0.4, -0.2) is 43.0 Å². The van der Waals surface area contributed by atoms with Gasteiger partial charge in [-0.25, -0.2) is 0 Å². The fourth-order valence-corrected chi connectivity index (χ4v) is 3.68. The summed E-state index contributed by atoms with van der Waals surface area (Å²) in [5.41, 5.74) is 1.70. The molecule has 0 radical (unpaired) electrons. The number of likely N-dealkylation sites (tertiary alicyclic amines) is 1. The molecule has 156 valence electrons. The van der Waals surface area contributed by atoms with Crippen LogP contribution in [0.2, 0.25) is 0 Å². The second-order valence-electron chi connectivity index (χ2n) is 7.54. The number of nitrogens with one attached hydrogen (secondary N) is 1. The molecule has 6 heteroatoms. The number of para-hydroxylation sites is 1.